The van der Waals surface area contributed by atoms with Crippen molar-refractivity contribution in [3.63, 3.8) is 0 Å². The van der Waals surface area contributed by atoms with E-state index in [1.54, 1.807) is 5.01 Å². The molecule has 0 bridgehead atoms. The number of rotatable bonds is 3. The first kappa shape index (κ1) is 11.9. The Hall–Kier alpha value is -1.16. The van der Waals surface area contributed by atoms with Gasteiger partial charge in [0.15, 0.2) is 0 Å². The molecule has 1 saturated carbocycles. The third-order valence-electron chi connectivity index (χ3n) is 3.67. The van der Waals surface area contributed by atoms with Crippen molar-refractivity contribution in [2.45, 2.75) is 32.2 Å². The van der Waals surface area contributed by atoms with E-state index in [-0.39, 0.29) is 5.91 Å². The molecule has 0 radical (unpaired) electrons. The molecule has 0 atom stereocenters. The molecular formula is C14H15BrN2O. The number of carbonyl (C=O) groups excluding carboxylic acids is 1. The largest absolute Gasteiger partial charge is 0.273 e. The zero-order valence-corrected chi connectivity index (χ0v) is 11.7. The maximum absolute atomic E-state index is 11.9. The van der Waals surface area contributed by atoms with E-state index in [4.69, 9.17) is 0 Å². The molecule has 1 aliphatic carbocycles. The zero-order valence-electron chi connectivity index (χ0n) is 10.1. The fourth-order valence-corrected chi connectivity index (χ4v) is 2.84. The highest BCUT2D eigenvalue weighted by Crippen LogP contribution is 2.31. The molecule has 18 heavy (non-hydrogen) atoms. The summed E-state index contributed by atoms with van der Waals surface area (Å²) in [6.45, 7) is 0.578. The predicted octanol–water partition coefficient (Wildman–Crippen LogP) is 3.34. The number of hydrogen-bond acceptors (Lipinski definition) is 2. The number of halogens is 1. The average molecular weight is 307 g/mol. The highest BCUT2D eigenvalue weighted by Gasteiger charge is 2.32. The van der Waals surface area contributed by atoms with E-state index >= 15 is 0 Å². The lowest BCUT2D eigenvalue weighted by Crippen LogP contribution is -2.21. The summed E-state index contributed by atoms with van der Waals surface area (Å²) in [5.74, 6) is 0.707. The SMILES string of the molecule is O=C1CC(C2CCC2)=NN1Cc1cccc(Br)c1. The number of amides is 1. The van der Waals surface area contributed by atoms with E-state index in [0.29, 0.717) is 18.9 Å². The standard InChI is InChI=1S/C14H15BrN2O/c15-12-6-1-3-10(7-12)9-17-14(18)8-13(16-17)11-4-2-5-11/h1,3,6-7,11H,2,4-5,8-9H2. The van der Waals surface area contributed by atoms with Crippen molar-refractivity contribution < 1.29 is 4.79 Å². The Morgan fingerprint density at radius 1 is 1.39 bits per heavy atom. The summed E-state index contributed by atoms with van der Waals surface area (Å²) in [5.41, 5.74) is 2.21. The second kappa shape index (κ2) is 4.84. The Morgan fingerprint density at radius 2 is 2.22 bits per heavy atom. The molecule has 3 nitrogen and oxygen atoms in total. The third kappa shape index (κ3) is 2.34. The molecule has 1 fully saturated rings. The summed E-state index contributed by atoms with van der Waals surface area (Å²) in [4.78, 5) is 11.9. The Morgan fingerprint density at radius 3 is 2.89 bits per heavy atom. The van der Waals surface area contributed by atoms with E-state index in [2.05, 4.69) is 21.0 Å². The summed E-state index contributed by atoms with van der Waals surface area (Å²) in [5, 5.41) is 6.12. The summed E-state index contributed by atoms with van der Waals surface area (Å²) in [7, 11) is 0. The Balaban J connectivity index is 1.72. The molecule has 0 aromatic heterocycles. The van der Waals surface area contributed by atoms with Crippen LogP contribution in [-0.4, -0.2) is 16.6 Å². The van der Waals surface area contributed by atoms with Gasteiger partial charge in [0.05, 0.1) is 18.7 Å². The number of nitrogens with zero attached hydrogens (tertiary/aromatic N) is 2. The number of carbonyl (C=O) groups is 1. The highest BCUT2D eigenvalue weighted by atomic mass is 79.9. The van der Waals surface area contributed by atoms with Gasteiger partial charge in [-0.25, -0.2) is 5.01 Å². The van der Waals surface area contributed by atoms with Crippen molar-refractivity contribution in [3.8, 4) is 0 Å². The van der Waals surface area contributed by atoms with Crippen molar-refractivity contribution in [1.29, 1.82) is 0 Å². The molecule has 4 heteroatoms. The monoisotopic (exact) mass is 306 g/mol. The summed E-state index contributed by atoms with van der Waals surface area (Å²) in [6, 6.07) is 8.02. The maximum atomic E-state index is 11.9. The molecule has 1 aromatic carbocycles. The van der Waals surface area contributed by atoms with Crippen LogP contribution in [0.5, 0.6) is 0 Å². The van der Waals surface area contributed by atoms with Gasteiger partial charge in [-0.3, -0.25) is 4.79 Å². The van der Waals surface area contributed by atoms with Gasteiger partial charge in [0, 0.05) is 4.47 Å². The smallest absolute Gasteiger partial charge is 0.248 e. The second-order valence-electron chi connectivity index (χ2n) is 4.98. The summed E-state index contributed by atoms with van der Waals surface area (Å²) < 4.78 is 1.04. The van der Waals surface area contributed by atoms with Crippen molar-refractivity contribution in [1.82, 2.24) is 5.01 Å². The molecule has 1 aliphatic heterocycles. The molecule has 0 spiro atoms. The maximum Gasteiger partial charge on any atom is 0.248 e. The minimum Gasteiger partial charge on any atom is -0.273 e. The molecule has 3 rings (SSSR count). The molecular weight excluding hydrogens is 292 g/mol. The lowest BCUT2D eigenvalue weighted by molar-refractivity contribution is -0.129. The van der Waals surface area contributed by atoms with Crippen LogP contribution in [0.2, 0.25) is 0 Å². The van der Waals surface area contributed by atoms with Crippen LogP contribution in [0.4, 0.5) is 0 Å². The summed E-state index contributed by atoms with van der Waals surface area (Å²) in [6.07, 6.45) is 4.22. The first-order valence-corrected chi connectivity index (χ1v) is 7.14. The molecule has 0 saturated heterocycles. The van der Waals surface area contributed by atoms with Gasteiger partial charge in [-0.15, -0.1) is 0 Å². The summed E-state index contributed by atoms with van der Waals surface area (Å²) >= 11 is 3.44. The van der Waals surface area contributed by atoms with Crippen LogP contribution in [0.15, 0.2) is 33.8 Å². The van der Waals surface area contributed by atoms with Crippen LogP contribution in [0.25, 0.3) is 0 Å². The lowest BCUT2D eigenvalue weighted by Gasteiger charge is -2.24. The van der Waals surface area contributed by atoms with E-state index < -0.39 is 0 Å². The Kier molecular flexibility index (Phi) is 3.20. The van der Waals surface area contributed by atoms with Gasteiger partial charge in [0.25, 0.3) is 0 Å². The van der Waals surface area contributed by atoms with Crippen LogP contribution in [0, 0.1) is 5.92 Å². The van der Waals surface area contributed by atoms with Crippen molar-refractivity contribution in [2.75, 3.05) is 0 Å². The zero-order chi connectivity index (χ0) is 12.5. The van der Waals surface area contributed by atoms with Gasteiger partial charge >= 0.3 is 0 Å². The fraction of sp³-hybridized carbons (Fsp3) is 0.429. The highest BCUT2D eigenvalue weighted by molar-refractivity contribution is 9.10. The average Bonchev–Trinajstić information content (AvgIpc) is 2.57. The first-order chi connectivity index (χ1) is 8.72. The molecule has 1 amide bonds. The van der Waals surface area contributed by atoms with Crippen LogP contribution >= 0.6 is 15.9 Å². The van der Waals surface area contributed by atoms with Crippen LogP contribution in [0.1, 0.15) is 31.2 Å². The molecule has 2 aliphatic rings. The van der Waals surface area contributed by atoms with Gasteiger partial charge in [0.2, 0.25) is 5.91 Å². The topological polar surface area (TPSA) is 32.7 Å². The normalized spacial score (nSPS) is 19.9. The molecule has 94 valence electrons. The van der Waals surface area contributed by atoms with Crippen LogP contribution < -0.4 is 0 Å². The second-order valence-corrected chi connectivity index (χ2v) is 5.89. The number of benzene rings is 1. The minimum absolute atomic E-state index is 0.136. The number of hydrogen-bond donors (Lipinski definition) is 0. The van der Waals surface area contributed by atoms with Gasteiger partial charge in [-0.05, 0) is 36.5 Å². The van der Waals surface area contributed by atoms with Gasteiger partial charge in [-0.2, -0.15) is 5.10 Å². The van der Waals surface area contributed by atoms with E-state index in [1.807, 2.05) is 24.3 Å². The van der Waals surface area contributed by atoms with Crippen molar-refractivity contribution in [3.05, 3.63) is 34.3 Å². The van der Waals surface area contributed by atoms with Gasteiger partial charge < -0.3 is 0 Å². The van der Waals surface area contributed by atoms with Crippen LogP contribution in [0.3, 0.4) is 0 Å². The van der Waals surface area contributed by atoms with Crippen molar-refractivity contribution >= 4 is 27.5 Å². The third-order valence-corrected chi connectivity index (χ3v) is 4.16. The Bertz CT molecular complexity index is 508. The van der Waals surface area contributed by atoms with Crippen LogP contribution in [-0.2, 0) is 11.3 Å². The van der Waals surface area contributed by atoms with E-state index in [1.165, 1.54) is 19.3 Å². The van der Waals surface area contributed by atoms with E-state index in [9.17, 15) is 4.79 Å². The van der Waals surface area contributed by atoms with Crippen molar-refractivity contribution in [2.24, 2.45) is 11.0 Å². The van der Waals surface area contributed by atoms with Gasteiger partial charge in [0.1, 0.15) is 0 Å². The predicted molar refractivity (Wildman–Crippen MR) is 74.1 cm³/mol. The Labute approximate surface area is 115 Å². The molecule has 1 heterocycles. The van der Waals surface area contributed by atoms with Gasteiger partial charge in [-0.1, -0.05) is 34.5 Å². The molecule has 1 aromatic rings. The lowest BCUT2D eigenvalue weighted by atomic mass is 9.81. The first-order valence-electron chi connectivity index (χ1n) is 6.34. The van der Waals surface area contributed by atoms with E-state index in [0.717, 1.165) is 15.7 Å². The minimum atomic E-state index is 0.136. The fourth-order valence-electron chi connectivity index (χ4n) is 2.39. The number of hydrazone groups is 1. The molecule has 0 N–H and O–H groups in total. The quantitative estimate of drug-likeness (QED) is 0.843. The molecule has 0 unspecified atom stereocenters.